The molecular weight excluding hydrogens is 360 g/mol. The SMILES string of the molecule is CC(=O)c1cc2cc(OCc3ccc(C4C=CC=CC4)c(C#N)c3)ccc2n1C. The lowest BCUT2D eigenvalue weighted by Gasteiger charge is -2.16. The first-order chi connectivity index (χ1) is 14.1. The highest BCUT2D eigenvalue weighted by atomic mass is 16.5. The number of rotatable bonds is 5. The number of nitriles is 1. The minimum atomic E-state index is 0.0404. The summed E-state index contributed by atoms with van der Waals surface area (Å²) in [4.78, 5) is 11.7. The average Bonchev–Trinajstić information content (AvgIpc) is 3.09. The Kier molecular flexibility index (Phi) is 5.05. The molecule has 0 bridgehead atoms. The lowest BCUT2D eigenvalue weighted by atomic mass is 9.88. The van der Waals surface area contributed by atoms with Gasteiger partial charge in [-0.1, -0.05) is 36.4 Å². The zero-order chi connectivity index (χ0) is 20.4. The minimum absolute atomic E-state index is 0.0404. The van der Waals surface area contributed by atoms with E-state index in [1.54, 1.807) is 6.92 Å². The molecule has 1 atom stereocenters. The van der Waals surface area contributed by atoms with Gasteiger partial charge in [0.05, 0.1) is 17.3 Å². The second kappa shape index (κ2) is 7.81. The first-order valence-electron chi connectivity index (χ1n) is 9.66. The topological polar surface area (TPSA) is 55.0 Å². The molecule has 1 aliphatic rings. The average molecular weight is 382 g/mol. The number of carbonyl (C=O) groups is 1. The number of Topliss-reactive ketones (excluding diaryl/α,β-unsaturated/α-hetero) is 1. The summed E-state index contributed by atoms with van der Waals surface area (Å²) in [5.41, 5.74) is 4.38. The molecule has 0 aliphatic heterocycles. The monoisotopic (exact) mass is 382 g/mol. The molecule has 1 aliphatic carbocycles. The summed E-state index contributed by atoms with van der Waals surface area (Å²) in [5.74, 6) is 1.03. The fourth-order valence-electron chi connectivity index (χ4n) is 3.85. The molecule has 4 heteroatoms. The van der Waals surface area contributed by atoms with Crippen molar-refractivity contribution in [2.45, 2.75) is 25.9 Å². The summed E-state index contributed by atoms with van der Waals surface area (Å²) in [6, 6.07) is 16.0. The Morgan fingerprint density at radius 1 is 1.21 bits per heavy atom. The highest BCUT2D eigenvalue weighted by molar-refractivity contribution is 5.98. The highest BCUT2D eigenvalue weighted by Gasteiger charge is 2.14. The van der Waals surface area contributed by atoms with Gasteiger partial charge in [-0.2, -0.15) is 5.26 Å². The van der Waals surface area contributed by atoms with Crippen LogP contribution >= 0.6 is 0 Å². The van der Waals surface area contributed by atoms with E-state index in [0.717, 1.165) is 34.2 Å². The van der Waals surface area contributed by atoms with Crippen LogP contribution in [-0.4, -0.2) is 10.4 Å². The van der Waals surface area contributed by atoms with Crippen LogP contribution in [0.1, 0.15) is 46.4 Å². The lowest BCUT2D eigenvalue weighted by Crippen LogP contribution is -2.02. The smallest absolute Gasteiger partial charge is 0.176 e. The molecule has 0 amide bonds. The second-order valence-electron chi connectivity index (χ2n) is 7.34. The van der Waals surface area contributed by atoms with E-state index in [4.69, 9.17) is 4.74 Å². The Labute approximate surface area is 170 Å². The Balaban J connectivity index is 1.53. The summed E-state index contributed by atoms with van der Waals surface area (Å²) in [5, 5.41) is 10.6. The molecule has 0 spiro atoms. The summed E-state index contributed by atoms with van der Waals surface area (Å²) in [6.07, 6.45) is 9.24. The third-order valence-electron chi connectivity index (χ3n) is 5.40. The largest absolute Gasteiger partial charge is 0.489 e. The van der Waals surface area contributed by atoms with Crippen molar-refractivity contribution in [1.29, 1.82) is 5.26 Å². The molecule has 0 fully saturated rings. The predicted molar refractivity (Wildman–Crippen MR) is 114 cm³/mol. The van der Waals surface area contributed by atoms with Crippen LogP contribution in [0, 0.1) is 11.3 Å². The maximum atomic E-state index is 11.7. The number of fused-ring (bicyclic) bond motifs is 1. The second-order valence-corrected chi connectivity index (χ2v) is 7.34. The molecule has 4 nitrogen and oxygen atoms in total. The number of allylic oxidation sites excluding steroid dienone is 4. The van der Waals surface area contributed by atoms with E-state index < -0.39 is 0 Å². The maximum Gasteiger partial charge on any atom is 0.176 e. The Hall–Kier alpha value is -3.58. The van der Waals surface area contributed by atoms with Gasteiger partial charge in [0.15, 0.2) is 5.78 Å². The maximum absolute atomic E-state index is 11.7. The molecule has 0 N–H and O–H groups in total. The zero-order valence-electron chi connectivity index (χ0n) is 16.6. The lowest BCUT2D eigenvalue weighted by molar-refractivity contribution is 0.101. The summed E-state index contributed by atoms with van der Waals surface area (Å²) >= 11 is 0. The summed E-state index contributed by atoms with van der Waals surface area (Å²) < 4.78 is 7.86. The standard InChI is InChI=1S/C25H22N2O2/c1-17(28)25-14-20-13-22(9-11-24(20)27(25)2)29-16-18-8-10-23(21(12-18)15-26)19-6-4-3-5-7-19/h3-6,8-14,19H,7,16H2,1-2H3. The van der Waals surface area contributed by atoms with E-state index in [-0.39, 0.29) is 11.7 Å². The number of aryl methyl sites for hydroxylation is 1. The van der Waals surface area contributed by atoms with Crippen molar-refractivity contribution in [2.75, 3.05) is 0 Å². The molecule has 144 valence electrons. The molecular formula is C25H22N2O2. The number of benzene rings is 2. The number of hydrogen-bond donors (Lipinski definition) is 0. The number of nitrogens with zero attached hydrogens (tertiary/aromatic N) is 2. The number of ether oxygens (including phenoxy) is 1. The molecule has 29 heavy (non-hydrogen) atoms. The molecule has 3 aromatic rings. The van der Waals surface area contributed by atoms with Crippen molar-refractivity contribution >= 4 is 16.7 Å². The van der Waals surface area contributed by atoms with E-state index in [9.17, 15) is 10.1 Å². The zero-order valence-corrected chi connectivity index (χ0v) is 16.6. The fraction of sp³-hybridized carbons (Fsp3) is 0.200. The van der Waals surface area contributed by atoms with Crippen LogP contribution < -0.4 is 4.74 Å². The van der Waals surface area contributed by atoms with Crippen molar-refractivity contribution in [2.24, 2.45) is 7.05 Å². The van der Waals surface area contributed by atoms with Gasteiger partial charge in [0.2, 0.25) is 0 Å². The van der Waals surface area contributed by atoms with Crippen molar-refractivity contribution in [3.8, 4) is 11.8 Å². The quantitative estimate of drug-likeness (QED) is 0.553. The van der Waals surface area contributed by atoms with E-state index in [0.29, 0.717) is 17.9 Å². The van der Waals surface area contributed by atoms with E-state index in [2.05, 4.69) is 18.2 Å². The normalized spacial score (nSPS) is 15.4. The number of ketones is 1. The van der Waals surface area contributed by atoms with Gasteiger partial charge >= 0.3 is 0 Å². The number of carbonyl (C=O) groups excluding carboxylic acids is 1. The van der Waals surface area contributed by atoms with E-state index >= 15 is 0 Å². The van der Waals surface area contributed by atoms with E-state index in [1.807, 2.05) is 66.2 Å². The van der Waals surface area contributed by atoms with Gasteiger partial charge in [0.25, 0.3) is 0 Å². The third kappa shape index (κ3) is 3.72. The highest BCUT2D eigenvalue weighted by Crippen LogP contribution is 2.29. The van der Waals surface area contributed by atoms with Crippen molar-refractivity contribution in [3.05, 3.63) is 89.2 Å². The molecule has 1 unspecified atom stereocenters. The van der Waals surface area contributed by atoms with Crippen LogP contribution in [0.15, 0.2) is 66.8 Å². The number of aromatic nitrogens is 1. The van der Waals surface area contributed by atoms with Crippen molar-refractivity contribution in [1.82, 2.24) is 4.57 Å². The van der Waals surface area contributed by atoms with Gasteiger partial charge in [-0.3, -0.25) is 4.79 Å². The van der Waals surface area contributed by atoms with Crippen molar-refractivity contribution in [3.63, 3.8) is 0 Å². The van der Waals surface area contributed by atoms with Crippen LogP contribution in [0.2, 0.25) is 0 Å². The predicted octanol–water partition coefficient (Wildman–Crippen LogP) is 5.43. The van der Waals surface area contributed by atoms with Gasteiger partial charge in [-0.25, -0.2) is 0 Å². The van der Waals surface area contributed by atoms with Gasteiger partial charge in [-0.15, -0.1) is 0 Å². The third-order valence-corrected chi connectivity index (χ3v) is 5.40. The molecule has 2 aromatic carbocycles. The van der Waals surface area contributed by atoms with Gasteiger partial charge < -0.3 is 9.30 Å². The first-order valence-corrected chi connectivity index (χ1v) is 9.66. The minimum Gasteiger partial charge on any atom is -0.489 e. The van der Waals surface area contributed by atoms with Crippen LogP contribution in [0.25, 0.3) is 10.9 Å². The van der Waals surface area contributed by atoms with Gasteiger partial charge in [0.1, 0.15) is 12.4 Å². The van der Waals surface area contributed by atoms with Gasteiger partial charge in [-0.05, 0) is 47.9 Å². The fourth-order valence-corrected chi connectivity index (χ4v) is 3.85. The Morgan fingerprint density at radius 2 is 2.07 bits per heavy atom. The first kappa shape index (κ1) is 18.8. The van der Waals surface area contributed by atoms with E-state index in [1.165, 1.54) is 0 Å². The van der Waals surface area contributed by atoms with Crippen LogP contribution in [0.3, 0.4) is 0 Å². The Bertz CT molecular complexity index is 1190. The van der Waals surface area contributed by atoms with Crippen LogP contribution in [-0.2, 0) is 13.7 Å². The number of hydrogen-bond acceptors (Lipinski definition) is 3. The molecule has 1 aromatic heterocycles. The summed E-state index contributed by atoms with van der Waals surface area (Å²) in [7, 11) is 1.89. The molecule has 0 saturated heterocycles. The van der Waals surface area contributed by atoms with Crippen LogP contribution in [0.4, 0.5) is 0 Å². The molecule has 4 rings (SSSR count). The Morgan fingerprint density at radius 3 is 2.79 bits per heavy atom. The van der Waals surface area contributed by atoms with Crippen LogP contribution in [0.5, 0.6) is 5.75 Å². The molecule has 0 saturated carbocycles. The van der Waals surface area contributed by atoms with Crippen molar-refractivity contribution < 1.29 is 9.53 Å². The molecule has 1 heterocycles. The summed E-state index contributed by atoms with van der Waals surface area (Å²) in [6.45, 7) is 1.95. The molecule has 0 radical (unpaired) electrons. The van der Waals surface area contributed by atoms with Gasteiger partial charge in [0, 0.05) is 30.8 Å².